The van der Waals surface area contributed by atoms with Crippen molar-refractivity contribution in [3.8, 4) is 0 Å². The third kappa shape index (κ3) is 29.4. The van der Waals surface area contributed by atoms with E-state index < -0.39 is 25.3 Å². The van der Waals surface area contributed by atoms with Crippen LogP contribution in [-0.4, -0.2) is 159 Å². The third-order valence-electron chi connectivity index (χ3n) is 2.52. The summed E-state index contributed by atoms with van der Waals surface area (Å²) >= 11 is 0. The van der Waals surface area contributed by atoms with Crippen LogP contribution in [0.4, 0.5) is 0 Å². The maximum atomic E-state index is 9.51. The van der Waals surface area contributed by atoms with Crippen molar-refractivity contribution in [3.63, 3.8) is 0 Å². The first-order valence-electron chi connectivity index (χ1n) is 8.04. The molecule has 1 heterocycles. The molecule has 15 heteroatoms. The maximum absolute atomic E-state index is 9.51. The molecule has 28 heavy (non-hydrogen) atoms. The van der Waals surface area contributed by atoms with E-state index in [1.54, 1.807) is 0 Å². The average Bonchev–Trinajstić information content (AvgIpc) is 2.52. The summed E-state index contributed by atoms with van der Waals surface area (Å²) in [5.41, 5.74) is 0. The number of ether oxygens (including phenoxy) is 6. The van der Waals surface area contributed by atoms with Crippen LogP contribution in [0.3, 0.4) is 0 Å². The number of hydrogen-bond donors (Lipinski definition) is 0. The summed E-state index contributed by atoms with van der Waals surface area (Å²) in [7, 11) is -9.86. The third-order valence-corrected chi connectivity index (χ3v) is 4.83. The Morgan fingerprint density at radius 1 is 0.464 bits per heavy atom. The molecular weight excluding hydrogens is 550 g/mol. The van der Waals surface area contributed by atoms with Crippen molar-refractivity contribution in [2.75, 3.05) is 84.4 Å². The first-order chi connectivity index (χ1) is 12.7. The SMILES string of the molecule is C1COCCOCCOCCOCCOCCO1.O=S(=O)([O-])CS(=O)(=O)[O-].[Ba+2]. The second-order valence-electron chi connectivity index (χ2n) is 4.91. The minimum Gasteiger partial charge on any atom is -0.747 e. The summed E-state index contributed by atoms with van der Waals surface area (Å²) < 4.78 is 89.0. The second-order valence-corrected chi connectivity index (χ2v) is 8.08. The van der Waals surface area contributed by atoms with Crippen LogP contribution in [0.5, 0.6) is 0 Å². The normalized spacial score (nSPS) is 19.8. The van der Waals surface area contributed by atoms with Gasteiger partial charge in [0.15, 0.2) is 0 Å². The zero-order chi connectivity index (χ0) is 20.4. The molecule has 0 aliphatic carbocycles. The molecule has 12 nitrogen and oxygen atoms in total. The molecule has 0 atom stereocenters. The molecule has 0 aromatic heterocycles. The van der Waals surface area contributed by atoms with Gasteiger partial charge in [-0.3, -0.25) is 0 Å². The van der Waals surface area contributed by atoms with Crippen molar-refractivity contribution in [2.45, 2.75) is 0 Å². The van der Waals surface area contributed by atoms with Crippen LogP contribution < -0.4 is 0 Å². The van der Waals surface area contributed by atoms with Crippen LogP contribution >= 0.6 is 0 Å². The Kier molecular flexibility index (Phi) is 22.5. The molecule has 1 fully saturated rings. The number of hydrogen-bond acceptors (Lipinski definition) is 12. The molecule has 0 saturated carbocycles. The molecule has 0 bridgehead atoms. The van der Waals surface area contributed by atoms with Crippen LogP contribution in [0.2, 0.25) is 0 Å². The van der Waals surface area contributed by atoms with Gasteiger partial charge in [-0.25, -0.2) is 16.8 Å². The largest absolute Gasteiger partial charge is 2.00 e. The van der Waals surface area contributed by atoms with Crippen LogP contribution in [0.1, 0.15) is 0 Å². The minimum absolute atomic E-state index is 0. The molecule has 0 aromatic rings. The van der Waals surface area contributed by atoms with Gasteiger partial charge in [0.1, 0.15) is 25.3 Å². The number of rotatable bonds is 2. The molecule has 1 aliphatic heterocycles. The van der Waals surface area contributed by atoms with Crippen LogP contribution in [-0.2, 0) is 48.7 Å². The first kappa shape index (κ1) is 31.3. The molecule has 0 aromatic carbocycles. The molecule has 0 spiro atoms. The summed E-state index contributed by atoms with van der Waals surface area (Å²) in [6, 6.07) is 0. The summed E-state index contributed by atoms with van der Waals surface area (Å²) in [6.07, 6.45) is 0. The van der Waals surface area contributed by atoms with E-state index in [1.165, 1.54) is 0 Å². The van der Waals surface area contributed by atoms with E-state index in [2.05, 4.69) is 0 Å². The van der Waals surface area contributed by atoms with Crippen LogP contribution in [0.25, 0.3) is 0 Å². The zero-order valence-electron chi connectivity index (χ0n) is 15.6. The van der Waals surface area contributed by atoms with E-state index in [1.807, 2.05) is 0 Å². The monoisotopic (exact) mass is 576 g/mol. The van der Waals surface area contributed by atoms with Crippen molar-refractivity contribution in [3.05, 3.63) is 0 Å². The molecule has 1 aliphatic rings. The van der Waals surface area contributed by atoms with Crippen molar-refractivity contribution in [2.24, 2.45) is 0 Å². The van der Waals surface area contributed by atoms with Gasteiger partial charge < -0.3 is 37.5 Å². The van der Waals surface area contributed by atoms with Gasteiger partial charge in [0.05, 0.1) is 79.3 Å². The van der Waals surface area contributed by atoms with Crippen LogP contribution in [0, 0.1) is 0 Å². The van der Waals surface area contributed by atoms with Crippen molar-refractivity contribution < 1.29 is 54.4 Å². The summed E-state index contributed by atoms with van der Waals surface area (Å²) in [6.45, 7) is 7.04. The Morgan fingerprint density at radius 3 is 0.679 bits per heavy atom. The molecule has 0 N–H and O–H groups in total. The van der Waals surface area contributed by atoms with E-state index >= 15 is 0 Å². The van der Waals surface area contributed by atoms with E-state index in [4.69, 9.17) is 28.4 Å². The summed E-state index contributed by atoms with van der Waals surface area (Å²) in [5, 5.41) is -1.88. The van der Waals surface area contributed by atoms with Crippen molar-refractivity contribution >= 4 is 69.1 Å². The topological polar surface area (TPSA) is 170 Å². The van der Waals surface area contributed by atoms with E-state index in [0.29, 0.717) is 79.3 Å². The molecule has 0 unspecified atom stereocenters. The predicted molar refractivity (Wildman–Crippen MR) is 94.9 cm³/mol. The Hall–Kier alpha value is 1.15. The van der Waals surface area contributed by atoms with Crippen LogP contribution in [0.15, 0.2) is 0 Å². The van der Waals surface area contributed by atoms with Crippen molar-refractivity contribution in [1.29, 1.82) is 0 Å². The molecule has 0 radical (unpaired) electrons. The molecule has 1 saturated heterocycles. The first-order valence-corrected chi connectivity index (χ1v) is 11.2. The molecule has 1 rings (SSSR count). The molecular formula is C13H26BaO12S2. The van der Waals surface area contributed by atoms with Gasteiger partial charge in [-0.05, 0) is 0 Å². The Morgan fingerprint density at radius 2 is 0.607 bits per heavy atom. The minimum atomic E-state index is -4.93. The molecule has 0 amide bonds. The maximum Gasteiger partial charge on any atom is 2.00 e. The van der Waals surface area contributed by atoms with Crippen molar-refractivity contribution in [1.82, 2.24) is 0 Å². The Labute approximate surface area is 206 Å². The van der Waals surface area contributed by atoms with Gasteiger partial charge >= 0.3 is 48.9 Å². The fourth-order valence-electron chi connectivity index (χ4n) is 1.50. The average molecular weight is 576 g/mol. The van der Waals surface area contributed by atoms with Gasteiger partial charge in [-0.15, -0.1) is 0 Å². The van der Waals surface area contributed by atoms with E-state index in [0.717, 1.165) is 0 Å². The fourth-order valence-corrected chi connectivity index (χ4v) is 2.91. The predicted octanol–water partition coefficient (Wildman–Crippen LogP) is -2.25. The standard InChI is InChI=1S/C12H24O6.CH4O6S2.Ba/c1-2-14-5-6-16-9-10-18-12-11-17-8-7-15-4-3-13-1;2-8(3,4)1-9(5,6)7;/h1-12H2;1H2,(H,2,3,4)(H,5,6,7);/q;;+2/p-2. The second kappa shape index (κ2) is 20.1. The van der Waals surface area contributed by atoms with Gasteiger partial charge in [0.2, 0.25) is 0 Å². The van der Waals surface area contributed by atoms with E-state index in [9.17, 15) is 25.9 Å². The smallest absolute Gasteiger partial charge is 0.747 e. The van der Waals surface area contributed by atoms with E-state index in [-0.39, 0.29) is 48.9 Å². The van der Waals surface area contributed by atoms with Gasteiger partial charge in [-0.2, -0.15) is 0 Å². The Balaban J connectivity index is 0. The quantitative estimate of drug-likeness (QED) is 0.256. The van der Waals surface area contributed by atoms with Gasteiger partial charge in [-0.1, -0.05) is 0 Å². The fraction of sp³-hybridized carbons (Fsp3) is 1.00. The summed E-state index contributed by atoms with van der Waals surface area (Å²) in [4.78, 5) is 0. The summed E-state index contributed by atoms with van der Waals surface area (Å²) in [5.74, 6) is 0. The molecule has 164 valence electrons. The zero-order valence-corrected chi connectivity index (χ0v) is 21.7. The Bertz CT molecular complexity index is 435. The van der Waals surface area contributed by atoms with Gasteiger partial charge in [0.25, 0.3) is 0 Å². The van der Waals surface area contributed by atoms with Gasteiger partial charge in [0, 0.05) is 0 Å².